The van der Waals surface area contributed by atoms with Crippen LogP contribution in [0, 0.1) is 5.82 Å². The van der Waals surface area contributed by atoms with Crippen LogP contribution in [0.15, 0.2) is 42.6 Å². The SMILES string of the molecule is Fc1ccc(OC(F)(F)c2ccc(-c3nn[nH]n3)cn2)cc1. The topological polar surface area (TPSA) is 76.6 Å². The Balaban J connectivity index is 1.81. The number of nitrogens with zero attached hydrogens (tertiary/aromatic N) is 4. The minimum atomic E-state index is -3.66. The number of H-pyrrole nitrogens is 1. The Morgan fingerprint density at radius 2 is 1.82 bits per heavy atom. The molecule has 1 N–H and O–H groups in total. The van der Waals surface area contributed by atoms with E-state index in [1.54, 1.807) is 0 Å². The van der Waals surface area contributed by atoms with Crippen molar-refractivity contribution >= 4 is 0 Å². The molecule has 0 bridgehead atoms. The van der Waals surface area contributed by atoms with E-state index in [2.05, 4.69) is 30.3 Å². The number of nitrogens with one attached hydrogen (secondary N) is 1. The molecule has 0 saturated heterocycles. The van der Waals surface area contributed by atoms with Crippen molar-refractivity contribution < 1.29 is 17.9 Å². The Morgan fingerprint density at radius 1 is 1.05 bits per heavy atom. The fourth-order valence-electron chi connectivity index (χ4n) is 1.69. The second-order valence-corrected chi connectivity index (χ2v) is 4.24. The van der Waals surface area contributed by atoms with Crippen molar-refractivity contribution in [3.8, 4) is 17.1 Å². The molecule has 0 radical (unpaired) electrons. The lowest BCUT2D eigenvalue weighted by Crippen LogP contribution is -2.23. The van der Waals surface area contributed by atoms with Crippen LogP contribution >= 0.6 is 0 Å². The number of aromatic amines is 1. The zero-order chi connectivity index (χ0) is 15.6. The van der Waals surface area contributed by atoms with E-state index in [-0.39, 0.29) is 11.6 Å². The highest BCUT2D eigenvalue weighted by Gasteiger charge is 2.36. The molecule has 112 valence electrons. The monoisotopic (exact) mass is 307 g/mol. The van der Waals surface area contributed by atoms with E-state index in [4.69, 9.17) is 0 Å². The molecule has 2 heterocycles. The summed E-state index contributed by atoms with van der Waals surface area (Å²) in [5.74, 6) is -0.476. The highest BCUT2D eigenvalue weighted by Crippen LogP contribution is 2.30. The van der Waals surface area contributed by atoms with E-state index >= 15 is 0 Å². The molecule has 0 spiro atoms. The maximum atomic E-state index is 14.0. The number of aromatic nitrogens is 5. The molecule has 22 heavy (non-hydrogen) atoms. The Hall–Kier alpha value is -2.97. The quantitative estimate of drug-likeness (QED) is 0.801. The minimum Gasteiger partial charge on any atom is -0.428 e. The average molecular weight is 307 g/mol. The number of hydrogen-bond acceptors (Lipinski definition) is 5. The van der Waals surface area contributed by atoms with Gasteiger partial charge in [0.05, 0.1) is 0 Å². The molecule has 0 atom stereocenters. The van der Waals surface area contributed by atoms with E-state index < -0.39 is 17.6 Å². The molecule has 0 aliphatic carbocycles. The summed E-state index contributed by atoms with van der Waals surface area (Å²) < 4.78 is 45.3. The van der Waals surface area contributed by atoms with Crippen LogP contribution in [-0.4, -0.2) is 25.6 Å². The third-order valence-corrected chi connectivity index (χ3v) is 2.72. The van der Waals surface area contributed by atoms with Crippen molar-refractivity contribution in [1.29, 1.82) is 0 Å². The zero-order valence-corrected chi connectivity index (χ0v) is 10.9. The van der Waals surface area contributed by atoms with Gasteiger partial charge in [0, 0.05) is 11.8 Å². The number of pyridine rings is 1. The van der Waals surface area contributed by atoms with Crippen LogP contribution in [0.1, 0.15) is 5.69 Å². The number of ether oxygens (including phenoxy) is 1. The van der Waals surface area contributed by atoms with Crippen LogP contribution in [0.3, 0.4) is 0 Å². The maximum absolute atomic E-state index is 14.0. The summed E-state index contributed by atoms with van der Waals surface area (Å²) in [6.07, 6.45) is -2.48. The third-order valence-electron chi connectivity index (χ3n) is 2.72. The van der Waals surface area contributed by atoms with Gasteiger partial charge in [0.15, 0.2) is 5.69 Å². The van der Waals surface area contributed by atoms with Crippen LogP contribution in [-0.2, 0) is 6.11 Å². The van der Waals surface area contributed by atoms with E-state index in [0.29, 0.717) is 5.56 Å². The van der Waals surface area contributed by atoms with Gasteiger partial charge in [-0.05, 0) is 41.6 Å². The second kappa shape index (κ2) is 5.43. The molecule has 0 unspecified atom stereocenters. The predicted molar refractivity (Wildman–Crippen MR) is 68.3 cm³/mol. The number of rotatable bonds is 4. The first-order valence-electron chi connectivity index (χ1n) is 6.07. The summed E-state index contributed by atoms with van der Waals surface area (Å²) in [5.41, 5.74) is -0.167. The van der Waals surface area contributed by atoms with Crippen molar-refractivity contribution in [1.82, 2.24) is 25.6 Å². The first-order valence-corrected chi connectivity index (χ1v) is 6.07. The Morgan fingerprint density at radius 3 is 2.41 bits per heavy atom. The Labute approximate surface area is 122 Å². The van der Waals surface area contributed by atoms with Crippen molar-refractivity contribution in [3.05, 3.63) is 54.1 Å². The van der Waals surface area contributed by atoms with Gasteiger partial charge in [-0.25, -0.2) is 4.39 Å². The normalized spacial score (nSPS) is 11.4. The largest absolute Gasteiger partial charge is 0.444 e. The number of benzene rings is 1. The number of alkyl halides is 2. The van der Waals surface area contributed by atoms with Crippen molar-refractivity contribution in [3.63, 3.8) is 0 Å². The first-order chi connectivity index (χ1) is 10.5. The summed E-state index contributed by atoms with van der Waals surface area (Å²) in [6.45, 7) is 0. The Kier molecular flexibility index (Phi) is 3.45. The predicted octanol–water partition coefficient (Wildman–Crippen LogP) is 2.53. The molecule has 0 aliphatic rings. The van der Waals surface area contributed by atoms with Gasteiger partial charge in [0.2, 0.25) is 5.82 Å². The molecule has 0 aliphatic heterocycles. The summed E-state index contributed by atoms with van der Waals surface area (Å²) >= 11 is 0. The first kappa shape index (κ1) is 14.0. The molecule has 0 amide bonds. The second-order valence-electron chi connectivity index (χ2n) is 4.24. The summed E-state index contributed by atoms with van der Waals surface area (Å²) in [7, 11) is 0. The van der Waals surface area contributed by atoms with Crippen LogP contribution in [0.5, 0.6) is 5.75 Å². The summed E-state index contributed by atoms with van der Waals surface area (Å²) in [6, 6.07) is 6.73. The number of halogens is 3. The van der Waals surface area contributed by atoms with Gasteiger partial charge in [-0.3, -0.25) is 4.98 Å². The number of tetrazole rings is 1. The van der Waals surface area contributed by atoms with Gasteiger partial charge in [-0.15, -0.1) is 10.2 Å². The molecule has 3 rings (SSSR count). The molecular formula is C13H8F3N5O. The van der Waals surface area contributed by atoms with Gasteiger partial charge < -0.3 is 4.74 Å². The van der Waals surface area contributed by atoms with Gasteiger partial charge >= 0.3 is 6.11 Å². The maximum Gasteiger partial charge on any atom is 0.444 e. The van der Waals surface area contributed by atoms with E-state index in [0.717, 1.165) is 30.3 Å². The lowest BCUT2D eigenvalue weighted by molar-refractivity contribution is -0.188. The van der Waals surface area contributed by atoms with E-state index in [1.165, 1.54) is 12.3 Å². The smallest absolute Gasteiger partial charge is 0.428 e. The van der Waals surface area contributed by atoms with Gasteiger partial charge in [-0.2, -0.15) is 14.0 Å². The fourth-order valence-corrected chi connectivity index (χ4v) is 1.69. The van der Waals surface area contributed by atoms with Gasteiger partial charge in [-0.1, -0.05) is 0 Å². The molecule has 2 aromatic heterocycles. The standard InChI is InChI=1S/C13H8F3N5O/c14-9-2-4-10(5-3-9)22-13(15,16)11-6-1-8(7-17-11)12-18-20-21-19-12/h1-7H,(H,18,19,20,21). The lowest BCUT2D eigenvalue weighted by Gasteiger charge is -2.17. The average Bonchev–Trinajstić information content (AvgIpc) is 3.04. The Bertz CT molecular complexity index is 744. The molecular weight excluding hydrogens is 299 g/mol. The van der Waals surface area contributed by atoms with Gasteiger partial charge in [0.1, 0.15) is 11.6 Å². The van der Waals surface area contributed by atoms with E-state index in [9.17, 15) is 13.2 Å². The number of hydrogen-bond donors (Lipinski definition) is 1. The third kappa shape index (κ3) is 2.87. The van der Waals surface area contributed by atoms with Crippen LogP contribution in [0.4, 0.5) is 13.2 Å². The van der Waals surface area contributed by atoms with Crippen LogP contribution in [0.25, 0.3) is 11.4 Å². The highest BCUT2D eigenvalue weighted by atomic mass is 19.3. The summed E-state index contributed by atoms with van der Waals surface area (Å²) in [5, 5.41) is 13.0. The van der Waals surface area contributed by atoms with Gasteiger partial charge in [0.25, 0.3) is 0 Å². The fraction of sp³-hybridized carbons (Fsp3) is 0.0769. The van der Waals surface area contributed by atoms with E-state index in [1.807, 2.05) is 0 Å². The van der Waals surface area contributed by atoms with Crippen molar-refractivity contribution in [2.75, 3.05) is 0 Å². The van der Waals surface area contributed by atoms with Crippen LogP contribution < -0.4 is 4.74 Å². The van der Waals surface area contributed by atoms with Crippen LogP contribution in [0.2, 0.25) is 0 Å². The summed E-state index contributed by atoms with van der Waals surface area (Å²) in [4.78, 5) is 3.65. The van der Waals surface area contributed by atoms with Crippen molar-refractivity contribution in [2.45, 2.75) is 6.11 Å². The minimum absolute atomic E-state index is 0.171. The molecule has 6 nitrogen and oxygen atoms in total. The molecule has 0 saturated carbocycles. The highest BCUT2D eigenvalue weighted by molar-refractivity contribution is 5.52. The molecule has 9 heteroatoms. The molecule has 1 aromatic carbocycles. The van der Waals surface area contributed by atoms with Crippen molar-refractivity contribution in [2.24, 2.45) is 0 Å². The molecule has 3 aromatic rings. The zero-order valence-electron chi connectivity index (χ0n) is 10.9. The molecule has 0 fully saturated rings. The lowest BCUT2D eigenvalue weighted by atomic mass is 10.2.